The number of carboxylic acids is 1. The lowest BCUT2D eigenvalue weighted by Gasteiger charge is -2.17. The molecule has 4 N–H and O–H groups in total. The van der Waals surface area contributed by atoms with Gasteiger partial charge in [0.25, 0.3) is 0 Å². The summed E-state index contributed by atoms with van der Waals surface area (Å²) in [6.07, 6.45) is 4.86. The summed E-state index contributed by atoms with van der Waals surface area (Å²) in [5, 5.41) is 12.4. The fourth-order valence-corrected chi connectivity index (χ4v) is 2.40. The van der Waals surface area contributed by atoms with Crippen molar-refractivity contribution in [3.8, 4) is 0 Å². The first kappa shape index (κ1) is 12.7. The Hall–Kier alpha value is -1.71. The highest BCUT2D eigenvalue weighted by Crippen LogP contribution is 2.49. The largest absolute Gasteiger partial charge is 0.478 e. The van der Waals surface area contributed by atoms with Gasteiger partial charge in [0.05, 0.1) is 5.56 Å². The number of carboxylic acid groups (broad SMARTS) is 1. The van der Waals surface area contributed by atoms with Gasteiger partial charge in [0.2, 0.25) is 0 Å². The molecule has 4 heteroatoms. The maximum atomic E-state index is 11.1. The van der Waals surface area contributed by atoms with Crippen LogP contribution in [0.5, 0.6) is 0 Å². The lowest BCUT2D eigenvalue weighted by Crippen LogP contribution is -2.17. The van der Waals surface area contributed by atoms with E-state index in [-0.39, 0.29) is 5.56 Å². The van der Waals surface area contributed by atoms with Gasteiger partial charge in [-0.2, -0.15) is 0 Å². The van der Waals surface area contributed by atoms with Crippen LogP contribution in [0.15, 0.2) is 18.2 Å². The van der Waals surface area contributed by atoms with Crippen molar-refractivity contribution in [3.63, 3.8) is 0 Å². The number of nitrogens with two attached hydrogens (primary N) is 1. The number of nitrogens with one attached hydrogen (secondary N) is 1. The summed E-state index contributed by atoms with van der Waals surface area (Å²) in [4.78, 5) is 11.1. The summed E-state index contributed by atoms with van der Waals surface area (Å²) in [7, 11) is 0. The number of hydrogen-bond donors (Lipinski definition) is 3. The number of anilines is 2. The Balaban J connectivity index is 2.07. The van der Waals surface area contributed by atoms with Gasteiger partial charge in [-0.3, -0.25) is 0 Å². The van der Waals surface area contributed by atoms with E-state index in [2.05, 4.69) is 12.2 Å². The van der Waals surface area contributed by atoms with E-state index in [0.717, 1.165) is 6.54 Å². The van der Waals surface area contributed by atoms with Gasteiger partial charge in [-0.1, -0.05) is 13.3 Å². The molecule has 0 aliphatic heterocycles. The molecule has 1 aromatic carbocycles. The Bertz CT molecular complexity index is 453. The molecule has 0 atom stereocenters. The molecule has 0 amide bonds. The third kappa shape index (κ3) is 2.75. The first-order valence-electron chi connectivity index (χ1n) is 6.43. The number of nitrogen functional groups attached to an aromatic ring is 1. The van der Waals surface area contributed by atoms with Gasteiger partial charge >= 0.3 is 5.97 Å². The van der Waals surface area contributed by atoms with Gasteiger partial charge in [0, 0.05) is 17.9 Å². The fraction of sp³-hybridized carbons (Fsp3) is 0.500. The zero-order valence-corrected chi connectivity index (χ0v) is 10.7. The molecule has 98 valence electrons. The Morgan fingerprint density at radius 1 is 1.50 bits per heavy atom. The van der Waals surface area contributed by atoms with Crippen LogP contribution in [0.25, 0.3) is 0 Å². The third-order valence-corrected chi connectivity index (χ3v) is 3.67. The Labute approximate surface area is 107 Å². The number of benzene rings is 1. The van der Waals surface area contributed by atoms with Crippen molar-refractivity contribution in [3.05, 3.63) is 23.8 Å². The molecule has 0 radical (unpaired) electrons. The first-order chi connectivity index (χ1) is 8.56. The van der Waals surface area contributed by atoms with E-state index in [0.29, 0.717) is 16.8 Å². The highest BCUT2D eigenvalue weighted by molar-refractivity contribution is 5.95. The monoisotopic (exact) mass is 248 g/mol. The Kier molecular flexibility index (Phi) is 3.45. The molecule has 1 aliphatic rings. The Morgan fingerprint density at radius 3 is 2.78 bits per heavy atom. The molecule has 2 rings (SSSR count). The van der Waals surface area contributed by atoms with E-state index in [1.165, 1.54) is 31.7 Å². The zero-order chi connectivity index (χ0) is 13.2. The van der Waals surface area contributed by atoms with E-state index in [4.69, 9.17) is 10.8 Å². The molecule has 1 aliphatic carbocycles. The van der Waals surface area contributed by atoms with Crippen molar-refractivity contribution >= 4 is 17.3 Å². The lowest BCUT2D eigenvalue weighted by atomic mass is 10.0. The van der Waals surface area contributed by atoms with E-state index < -0.39 is 5.97 Å². The highest BCUT2D eigenvalue weighted by Gasteiger charge is 2.41. The molecule has 0 bridgehead atoms. The predicted molar refractivity (Wildman–Crippen MR) is 72.9 cm³/mol. The second-order valence-corrected chi connectivity index (χ2v) is 5.21. The number of rotatable bonds is 6. The van der Waals surface area contributed by atoms with E-state index in [1.54, 1.807) is 12.1 Å². The smallest absolute Gasteiger partial charge is 0.337 e. The summed E-state index contributed by atoms with van der Waals surface area (Å²) in [6.45, 7) is 3.04. The topological polar surface area (TPSA) is 75.3 Å². The zero-order valence-electron chi connectivity index (χ0n) is 10.7. The fourth-order valence-electron chi connectivity index (χ4n) is 2.40. The van der Waals surface area contributed by atoms with Crippen LogP contribution in [-0.2, 0) is 0 Å². The maximum absolute atomic E-state index is 11.1. The van der Waals surface area contributed by atoms with Crippen molar-refractivity contribution in [2.75, 3.05) is 17.6 Å². The predicted octanol–water partition coefficient (Wildman–Crippen LogP) is 2.96. The van der Waals surface area contributed by atoms with Gasteiger partial charge in [0.15, 0.2) is 0 Å². The van der Waals surface area contributed by atoms with Crippen LogP contribution in [0, 0.1) is 5.41 Å². The molecule has 18 heavy (non-hydrogen) atoms. The van der Waals surface area contributed by atoms with Crippen LogP contribution >= 0.6 is 0 Å². The summed E-state index contributed by atoms with van der Waals surface area (Å²) in [5.74, 6) is -0.940. The first-order valence-corrected chi connectivity index (χ1v) is 6.43. The van der Waals surface area contributed by atoms with Crippen molar-refractivity contribution in [2.24, 2.45) is 5.41 Å². The second-order valence-electron chi connectivity index (χ2n) is 5.21. The van der Waals surface area contributed by atoms with Crippen LogP contribution in [0.1, 0.15) is 43.0 Å². The summed E-state index contributed by atoms with van der Waals surface area (Å²) >= 11 is 0. The van der Waals surface area contributed by atoms with Crippen LogP contribution in [0.2, 0.25) is 0 Å². The minimum Gasteiger partial charge on any atom is -0.478 e. The summed E-state index contributed by atoms with van der Waals surface area (Å²) in [5.41, 5.74) is 7.41. The minimum atomic E-state index is -0.940. The SMILES string of the molecule is CCCC1(CNc2ccc(N)cc2C(=O)O)CC1. The van der Waals surface area contributed by atoms with E-state index in [1.807, 2.05) is 0 Å². The van der Waals surface area contributed by atoms with E-state index >= 15 is 0 Å². The van der Waals surface area contributed by atoms with Gasteiger partial charge in [-0.25, -0.2) is 4.79 Å². The number of hydrogen-bond acceptors (Lipinski definition) is 3. The molecule has 1 saturated carbocycles. The molecule has 0 saturated heterocycles. The number of aromatic carboxylic acids is 1. The van der Waals surface area contributed by atoms with Crippen molar-refractivity contribution in [2.45, 2.75) is 32.6 Å². The van der Waals surface area contributed by atoms with E-state index in [9.17, 15) is 4.79 Å². The van der Waals surface area contributed by atoms with Gasteiger partial charge in [-0.05, 0) is 42.9 Å². The van der Waals surface area contributed by atoms with Gasteiger partial charge in [-0.15, -0.1) is 0 Å². The quantitative estimate of drug-likeness (QED) is 0.676. The normalized spacial score (nSPS) is 16.3. The van der Waals surface area contributed by atoms with Crippen LogP contribution in [-0.4, -0.2) is 17.6 Å². The lowest BCUT2D eigenvalue weighted by molar-refractivity contribution is 0.0698. The highest BCUT2D eigenvalue weighted by atomic mass is 16.4. The average Bonchev–Trinajstić information content (AvgIpc) is 3.08. The molecule has 0 unspecified atom stereocenters. The number of carbonyl (C=O) groups is 1. The molecule has 0 spiro atoms. The van der Waals surface area contributed by atoms with Crippen LogP contribution in [0.3, 0.4) is 0 Å². The second kappa shape index (κ2) is 4.88. The molecule has 4 nitrogen and oxygen atoms in total. The maximum Gasteiger partial charge on any atom is 0.337 e. The van der Waals surface area contributed by atoms with Gasteiger partial charge < -0.3 is 16.2 Å². The molecule has 0 heterocycles. The molecule has 0 aromatic heterocycles. The summed E-state index contributed by atoms with van der Waals surface area (Å²) < 4.78 is 0. The Morgan fingerprint density at radius 2 is 2.22 bits per heavy atom. The third-order valence-electron chi connectivity index (χ3n) is 3.67. The minimum absolute atomic E-state index is 0.252. The molecular weight excluding hydrogens is 228 g/mol. The standard InChI is InChI=1S/C14H20N2O2/c1-2-5-14(6-7-14)9-16-12-4-3-10(15)8-11(12)13(17)18/h3-4,8,16H,2,5-7,9,15H2,1H3,(H,17,18). The molecule has 1 aromatic rings. The molecular formula is C14H20N2O2. The van der Waals surface area contributed by atoms with Crippen LogP contribution in [0.4, 0.5) is 11.4 Å². The van der Waals surface area contributed by atoms with Gasteiger partial charge in [0.1, 0.15) is 0 Å². The molecule has 1 fully saturated rings. The average molecular weight is 248 g/mol. The summed E-state index contributed by atoms with van der Waals surface area (Å²) in [6, 6.07) is 4.99. The van der Waals surface area contributed by atoms with Crippen LogP contribution < -0.4 is 11.1 Å². The van der Waals surface area contributed by atoms with Crippen molar-refractivity contribution in [1.82, 2.24) is 0 Å². The van der Waals surface area contributed by atoms with Crippen molar-refractivity contribution < 1.29 is 9.90 Å². The van der Waals surface area contributed by atoms with Crippen molar-refractivity contribution in [1.29, 1.82) is 0 Å².